The number of nitrogens with one attached hydrogen (secondary N) is 1. The lowest BCUT2D eigenvalue weighted by atomic mass is 10.1. The van der Waals surface area contributed by atoms with E-state index in [4.69, 9.17) is 16.7 Å². The van der Waals surface area contributed by atoms with Crippen LogP contribution in [0.15, 0.2) is 12.3 Å². The van der Waals surface area contributed by atoms with Crippen molar-refractivity contribution in [3.8, 4) is 0 Å². The first kappa shape index (κ1) is 13.9. The largest absolute Gasteiger partial charge is 0.396 e. The van der Waals surface area contributed by atoms with E-state index in [1.807, 2.05) is 6.92 Å². The Morgan fingerprint density at radius 3 is 3.00 bits per heavy atom. The predicted molar refractivity (Wildman–Crippen MR) is 62.5 cm³/mol. The van der Waals surface area contributed by atoms with Crippen molar-refractivity contribution in [1.82, 2.24) is 10.3 Å². The lowest BCUT2D eigenvalue weighted by molar-refractivity contribution is 0.0928. The summed E-state index contributed by atoms with van der Waals surface area (Å²) in [6.07, 6.45) is 2.07. The molecule has 1 atom stereocenters. The molecule has 0 saturated heterocycles. The van der Waals surface area contributed by atoms with E-state index in [0.717, 1.165) is 12.3 Å². The van der Waals surface area contributed by atoms with Gasteiger partial charge >= 0.3 is 0 Å². The fourth-order valence-electron chi connectivity index (χ4n) is 1.38. The molecule has 1 unspecified atom stereocenters. The highest BCUT2D eigenvalue weighted by molar-refractivity contribution is 6.32. The Morgan fingerprint density at radius 1 is 1.71 bits per heavy atom. The standard InChI is InChI=1S/C11H14ClFN2O2/c1-2-8(3-4-16)15-11(17)9-5-7(13)6-14-10(9)12/h5-6,8,16H,2-4H2,1H3,(H,15,17). The molecule has 0 aliphatic carbocycles. The molecular formula is C11H14ClFN2O2. The van der Waals surface area contributed by atoms with Gasteiger partial charge < -0.3 is 10.4 Å². The zero-order valence-corrected chi connectivity index (χ0v) is 10.2. The van der Waals surface area contributed by atoms with Gasteiger partial charge in [-0.25, -0.2) is 9.37 Å². The minimum atomic E-state index is -0.616. The Bertz CT molecular complexity index is 401. The molecule has 1 heterocycles. The number of aliphatic hydroxyl groups excluding tert-OH is 1. The van der Waals surface area contributed by atoms with E-state index in [9.17, 15) is 9.18 Å². The molecule has 6 heteroatoms. The van der Waals surface area contributed by atoms with E-state index in [1.165, 1.54) is 0 Å². The highest BCUT2D eigenvalue weighted by atomic mass is 35.5. The molecule has 0 aromatic carbocycles. The Morgan fingerprint density at radius 2 is 2.41 bits per heavy atom. The van der Waals surface area contributed by atoms with Crippen LogP contribution in [0, 0.1) is 5.82 Å². The Labute approximate surface area is 104 Å². The number of amides is 1. The van der Waals surface area contributed by atoms with Crippen LogP contribution in [0.25, 0.3) is 0 Å². The van der Waals surface area contributed by atoms with Crippen molar-refractivity contribution in [3.63, 3.8) is 0 Å². The fourth-order valence-corrected chi connectivity index (χ4v) is 1.57. The quantitative estimate of drug-likeness (QED) is 0.793. The third kappa shape index (κ3) is 3.94. The molecular weight excluding hydrogens is 247 g/mol. The average Bonchev–Trinajstić information content (AvgIpc) is 2.31. The molecule has 0 fully saturated rings. The molecule has 1 rings (SSSR count). The monoisotopic (exact) mass is 260 g/mol. The van der Waals surface area contributed by atoms with Crippen molar-refractivity contribution < 1.29 is 14.3 Å². The molecule has 4 nitrogen and oxygen atoms in total. The van der Waals surface area contributed by atoms with Gasteiger partial charge in [-0.2, -0.15) is 0 Å². The second-order valence-electron chi connectivity index (χ2n) is 3.58. The molecule has 1 amide bonds. The zero-order valence-electron chi connectivity index (χ0n) is 9.41. The number of hydrogen-bond donors (Lipinski definition) is 2. The minimum Gasteiger partial charge on any atom is -0.396 e. The molecule has 0 aliphatic heterocycles. The van der Waals surface area contributed by atoms with E-state index in [0.29, 0.717) is 12.8 Å². The molecule has 0 bridgehead atoms. The van der Waals surface area contributed by atoms with E-state index in [2.05, 4.69) is 10.3 Å². The van der Waals surface area contributed by atoms with Gasteiger partial charge in [0, 0.05) is 12.6 Å². The third-order valence-electron chi connectivity index (χ3n) is 2.36. The smallest absolute Gasteiger partial charge is 0.254 e. The first-order valence-corrected chi connectivity index (χ1v) is 5.69. The summed E-state index contributed by atoms with van der Waals surface area (Å²) in [7, 11) is 0. The summed E-state index contributed by atoms with van der Waals surface area (Å²) < 4.78 is 12.9. The lowest BCUT2D eigenvalue weighted by Crippen LogP contribution is -2.35. The first-order valence-electron chi connectivity index (χ1n) is 5.31. The summed E-state index contributed by atoms with van der Waals surface area (Å²) in [5.74, 6) is -1.10. The highest BCUT2D eigenvalue weighted by Crippen LogP contribution is 2.14. The number of halogens is 2. The van der Waals surface area contributed by atoms with E-state index >= 15 is 0 Å². The number of carbonyl (C=O) groups excluding carboxylic acids is 1. The summed E-state index contributed by atoms with van der Waals surface area (Å²) in [6, 6.07) is 0.878. The molecule has 0 saturated carbocycles. The Hall–Kier alpha value is -1.20. The Balaban J connectivity index is 2.78. The van der Waals surface area contributed by atoms with Crippen molar-refractivity contribution in [3.05, 3.63) is 28.8 Å². The van der Waals surface area contributed by atoms with E-state index in [-0.39, 0.29) is 23.4 Å². The van der Waals surface area contributed by atoms with Crippen LogP contribution in [-0.4, -0.2) is 28.6 Å². The highest BCUT2D eigenvalue weighted by Gasteiger charge is 2.16. The van der Waals surface area contributed by atoms with Gasteiger partial charge in [0.15, 0.2) is 0 Å². The van der Waals surface area contributed by atoms with Crippen LogP contribution in [0.3, 0.4) is 0 Å². The van der Waals surface area contributed by atoms with Gasteiger partial charge in [-0.05, 0) is 18.9 Å². The SMILES string of the molecule is CCC(CCO)NC(=O)c1cc(F)cnc1Cl. The number of aliphatic hydroxyl groups is 1. The van der Waals surface area contributed by atoms with Crippen LogP contribution >= 0.6 is 11.6 Å². The molecule has 17 heavy (non-hydrogen) atoms. The van der Waals surface area contributed by atoms with Crippen LogP contribution in [0.5, 0.6) is 0 Å². The second-order valence-corrected chi connectivity index (χ2v) is 3.94. The predicted octanol–water partition coefficient (Wildman–Crippen LogP) is 1.76. The van der Waals surface area contributed by atoms with Crippen LogP contribution in [0.4, 0.5) is 4.39 Å². The number of rotatable bonds is 5. The maximum atomic E-state index is 12.9. The van der Waals surface area contributed by atoms with Crippen LogP contribution in [0.2, 0.25) is 5.15 Å². The third-order valence-corrected chi connectivity index (χ3v) is 2.66. The molecule has 1 aromatic heterocycles. The van der Waals surface area contributed by atoms with Gasteiger partial charge in [0.25, 0.3) is 5.91 Å². The average molecular weight is 261 g/mol. The molecule has 1 aromatic rings. The van der Waals surface area contributed by atoms with Gasteiger partial charge in [0.1, 0.15) is 11.0 Å². The van der Waals surface area contributed by atoms with Crippen molar-refractivity contribution >= 4 is 17.5 Å². The van der Waals surface area contributed by atoms with Crippen molar-refractivity contribution in [2.45, 2.75) is 25.8 Å². The molecule has 0 spiro atoms. The molecule has 94 valence electrons. The summed E-state index contributed by atoms with van der Waals surface area (Å²) in [5, 5.41) is 11.4. The lowest BCUT2D eigenvalue weighted by Gasteiger charge is -2.15. The van der Waals surface area contributed by atoms with Crippen molar-refractivity contribution in [2.75, 3.05) is 6.61 Å². The molecule has 0 aliphatic rings. The van der Waals surface area contributed by atoms with E-state index in [1.54, 1.807) is 0 Å². The fraction of sp³-hybridized carbons (Fsp3) is 0.455. The van der Waals surface area contributed by atoms with Crippen LogP contribution in [-0.2, 0) is 0 Å². The zero-order chi connectivity index (χ0) is 12.8. The number of pyridine rings is 1. The number of carbonyl (C=O) groups is 1. The topological polar surface area (TPSA) is 62.2 Å². The first-order chi connectivity index (χ1) is 8.08. The van der Waals surface area contributed by atoms with Gasteiger partial charge in [0.05, 0.1) is 11.8 Å². The summed E-state index contributed by atoms with van der Waals surface area (Å²) in [4.78, 5) is 15.3. The van der Waals surface area contributed by atoms with Gasteiger partial charge in [-0.15, -0.1) is 0 Å². The maximum Gasteiger partial charge on any atom is 0.254 e. The number of hydrogen-bond acceptors (Lipinski definition) is 3. The normalized spacial score (nSPS) is 12.2. The van der Waals surface area contributed by atoms with E-state index < -0.39 is 11.7 Å². The molecule has 0 radical (unpaired) electrons. The summed E-state index contributed by atoms with van der Waals surface area (Å²) in [6.45, 7) is 1.86. The van der Waals surface area contributed by atoms with Gasteiger partial charge in [-0.1, -0.05) is 18.5 Å². The second kappa shape index (κ2) is 6.51. The Kier molecular flexibility index (Phi) is 5.31. The van der Waals surface area contributed by atoms with Gasteiger partial charge in [0.2, 0.25) is 0 Å². The number of aromatic nitrogens is 1. The molecule has 2 N–H and O–H groups in total. The van der Waals surface area contributed by atoms with Crippen molar-refractivity contribution in [2.24, 2.45) is 0 Å². The summed E-state index contributed by atoms with van der Waals surface area (Å²) >= 11 is 5.71. The minimum absolute atomic E-state index is 0.00283. The number of nitrogens with zero attached hydrogens (tertiary/aromatic N) is 1. The maximum absolute atomic E-state index is 12.9. The summed E-state index contributed by atoms with van der Waals surface area (Å²) in [5.41, 5.74) is 0.00283. The van der Waals surface area contributed by atoms with Crippen molar-refractivity contribution in [1.29, 1.82) is 0 Å². The van der Waals surface area contributed by atoms with Crippen LogP contribution < -0.4 is 5.32 Å². The van der Waals surface area contributed by atoms with Crippen LogP contribution in [0.1, 0.15) is 30.1 Å². The van der Waals surface area contributed by atoms with Gasteiger partial charge in [-0.3, -0.25) is 4.79 Å².